The lowest BCUT2D eigenvalue weighted by molar-refractivity contribution is -0.0670. The first-order chi connectivity index (χ1) is 9.32. The van der Waals surface area contributed by atoms with Gasteiger partial charge in [-0.15, -0.1) is 0 Å². The summed E-state index contributed by atoms with van der Waals surface area (Å²) in [4.78, 5) is 0. The fraction of sp³-hybridized carbons (Fsp3) is 0.667. The molecule has 4 saturated carbocycles. The Kier molecular flexibility index (Phi) is 2.09. The number of ether oxygens (including phenoxy) is 1. The normalized spacial score (nSPS) is 50.4. The third-order valence-corrected chi connectivity index (χ3v) is 6.31. The van der Waals surface area contributed by atoms with Gasteiger partial charge in [-0.2, -0.15) is 0 Å². The molecule has 1 heterocycles. The van der Waals surface area contributed by atoms with Crippen LogP contribution in [-0.4, -0.2) is 6.10 Å². The minimum absolute atomic E-state index is 0.414. The number of epoxide rings is 1. The summed E-state index contributed by atoms with van der Waals surface area (Å²) in [6, 6.07) is 10.9. The van der Waals surface area contributed by atoms with Gasteiger partial charge in [-0.05, 0) is 61.8 Å². The molecule has 4 aliphatic carbocycles. The molecule has 0 spiro atoms. The molecule has 1 nitrogen and oxygen atoms in total. The van der Waals surface area contributed by atoms with Crippen LogP contribution >= 0.6 is 0 Å². The fourth-order valence-electron chi connectivity index (χ4n) is 6.00. The van der Waals surface area contributed by atoms with E-state index in [1.807, 2.05) is 0 Å². The van der Waals surface area contributed by atoms with Gasteiger partial charge in [0, 0.05) is 5.41 Å². The van der Waals surface area contributed by atoms with Gasteiger partial charge in [0.2, 0.25) is 0 Å². The predicted octanol–water partition coefficient (Wildman–Crippen LogP) is 4.34. The SMILES string of the molecule is c1ccc(C2OC2C23CC4CC(CC(C4)C2)C3)cc1. The second-order valence-electron chi connectivity index (χ2n) is 7.67. The lowest BCUT2D eigenvalue weighted by Crippen LogP contribution is -2.48. The van der Waals surface area contributed by atoms with E-state index in [-0.39, 0.29) is 0 Å². The Balaban J connectivity index is 1.43. The molecule has 2 unspecified atom stereocenters. The van der Waals surface area contributed by atoms with E-state index in [0.29, 0.717) is 17.6 Å². The molecule has 1 aromatic carbocycles. The van der Waals surface area contributed by atoms with Gasteiger partial charge in [-0.25, -0.2) is 0 Å². The first kappa shape index (κ1) is 10.9. The summed E-state index contributed by atoms with van der Waals surface area (Å²) in [5.74, 6) is 3.10. The number of rotatable bonds is 2. The zero-order valence-electron chi connectivity index (χ0n) is 11.4. The van der Waals surface area contributed by atoms with Gasteiger partial charge in [0.25, 0.3) is 0 Å². The molecule has 1 heteroatoms. The Morgan fingerprint density at radius 1 is 0.842 bits per heavy atom. The molecule has 5 fully saturated rings. The van der Waals surface area contributed by atoms with E-state index < -0.39 is 0 Å². The van der Waals surface area contributed by atoms with Crippen molar-refractivity contribution >= 4 is 0 Å². The molecule has 100 valence electrons. The van der Waals surface area contributed by atoms with Crippen molar-refractivity contribution in [2.45, 2.75) is 50.7 Å². The minimum Gasteiger partial charge on any atom is -0.364 e. The Bertz CT molecular complexity index is 456. The van der Waals surface area contributed by atoms with E-state index in [4.69, 9.17) is 4.74 Å². The average Bonchev–Trinajstić information content (AvgIpc) is 3.19. The largest absolute Gasteiger partial charge is 0.364 e. The molecule has 6 rings (SSSR count). The van der Waals surface area contributed by atoms with Crippen LogP contribution in [0.4, 0.5) is 0 Å². The molecule has 5 aliphatic rings. The highest BCUT2D eigenvalue weighted by molar-refractivity contribution is 5.25. The van der Waals surface area contributed by atoms with Gasteiger partial charge in [0.05, 0.1) is 6.10 Å². The Labute approximate surface area is 115 Å². The van der Waals surface area contributed by atoms with Crippen molar-refractivity contribution in [1.82, 2.24) is 0 Å². The second kappa shape index (κ2) is 3.63. The molecule has 0 radical (unpaired) electrons. The highest BCUT2D eigenvalue weighted by Crippen LogP contribution is 2.66. The zero-order chi connectivity index (χ0) is 12.4. The van der Waals surface area contributed by atoms with Crippen molar-refractivity contribution in [3.63, 3.8) is 0 Å². The maximum absolute atomic E-state index is 6.19. The van der Waals surface area contributed by atoms with E-state index in [2.05, 4.69) is 30.3 Å². The van der Waals surface area contributed by atoms with Crippen LogP contribution in [0, 0.1) is 23.2 Å². The third-order valence-electron chi connectivity index (χ3n) is 6.31. The lowest BCUT2D eigenvalue weighted by atomic mass is 9.48. The van der Waals surface area contributed by atoms with Crippen LogP contribution < -0.4 is 0 Å². The molecule has 0 aromatic heterocycles. The minimum atomic E-state index is 0.414. The van der Waals surface area contributed by atoms with Gasteiger partial charge >= 0.3 is 0 Å². The monoisotopic (exact) mass is 254 g/mol. The first-order valence-corrected chi connectivity index (χ1v) is 8.03. The summed E-state index contributed by atoms with van der Waals surface area (Å²) >= 11 is 0. The summed E-state index contributed by atoms with van der Waals surface area (Å²) in [6.45, 7) is 0. The summed E-state index contributed by atoms with van der Waals surface area (Å²) in [7, 11) is 0. The standard InChI is InChI=1S/C18H22O/c1-2-4-15(5-3-1)16-17(19-16)18-9-12-6-13(10-18)8-14(7-12)11-18/h1-5,12-14,16-17H,6-11H2. The van der Waals surface area contributed by atoms with E-state index in [9.17, 15) is 0 Å². The van der Waals surface area contributed by atoms with Crippen molar-refractivity contribution in [3.05, 3.63) is 35.9 Å². The van der Waals surface area contributed by atoms with Crippen LogP contribution in [0.3, 0.4) is 0 Å². The van der Waals surface area contributed by atoms with Gasteiger partial charge in [0.1, 0.15) is 6.10 Å². The number of benzene rings is 1. The summed E-state index contributed by atoms with van der Waals surface area (Å²) < 4.78 is 6.19. The molecule has 0 amide bonds. The molecule has 4 bridgehead atoms. The Morgan fingerprint density at radius 3 is 2.00 bits per heavy atom. The fourth-order valence-corrected chi connectivity index (χ4v) is 6.00. The molecular formula is C18H22O. The summed E-state index contributed by atoms with van der Waals surface area (Å²) in [5, 5.41) is 0. The van der Waals surface area contributed by atoms with Gasteiger partial charge in [0.15, 0.2) is 0 Å². The molecule has 1 aliphatic heterocycles. The molecule has 1 saturated heterocycles. The van der Waals surface area contributed by atoms with Crippen LogP contribution in [0.1, 0.15) is 50.2 Å². The number of hydrogen-bond donors (Lipinski definition) is 0. The maximum Gasteiger partial charge on any atom is 0.110 e. The quantitative estimate of drug-likeness (QED) is 0.715. The second-order valence-corrected chi connectivity index (χ2v) is 7.67. The number of hydrogen-bond acceptors (Lipinski definition) is 1. The summed E-state index contributed by atoms with van der Waals surface area (Å²) in [5.41, 5.74) is 1.97. The highest BCUT2D eigenvalue weighted by atomic mass is 16.6. The van der Waals surface area contributed by atoms with Crippen LogP contribution in [0.25, 0.3) is 0 Å². The molecule has 19 heavy (non-hydrogen) atoms. The molecular weight excluding hydrogens is 232 g/mol. The van der Waals surface area contributed by atoms with Gasteiger partial charge in [-0.1, -0.05) is 30.3 Å². The summed E-state index contributed by atoms with van der Waals surface area (Å²) in [6.07, 6.45) is 9.94. The van der Waals surface area contributed by atoms with Gasteiger partial charge in [-0.3, -0.25) is 0 Å². The highest BCUT2D eigenvalue weighted by Gasteiger charge is 2.61. The van der Waals surface area contributed by atoms with Crippen molar-refractivity contribution < 1.29 is 4.74 Å². The first-order valence-electron chi connectivity index (χ1n) is 8.03. The topological polar surface area (TPSA) is 12.5 Å². The van der Waals surface area contributed by atoms with Crippen molar-refractivity contribution in [2.75, 3.05) is 0 Å². The van der Waals surface area contributed by atoms with E-state index in [1.165, 1.54) is 44.1 Å². The average molecular weight is 254 g/mol. The molecule has 0 N–H and O–H groups in total. The van der Waals surface area contributed by atoms with E-state index >= 15 is 0 Å². The van der Waals surface area contributed by atoms with E-state index in [1.54, 1.807) is 0 Å². The van der Waals surface area contributed by atoms with Crippen LogP contribution in [0.5, 0.6) is 0 Å². The lowest BCUT2D eigenvalue weighted by Gasteiger charge is -2.56. The van der Waals surface area contributed by atoms with Gasteiger partial charge < -0.3 is 4.74 Å². The van der Waals surface area contributed by atoms with Crippen molar-refractivity contribution in [2.24, 2.45) is 23.2 Å². The Morgan fingerprint density at radius 2 is 1.42 bits per heavy atom. The van der Waals surface area contributed by atoms with Crippen LogP contribution in [0.2, 0.25) is 0 Å². The maximum atomic E-state index is 6.19. The third kappa shape index (κ3) is 1.57. The molecule has 2 atom stereocenters. The molecule has 1 aromatic rings. The smallest absolute Gasteiger partial charge is 0.110 e. The zero-order valence-corrected chi connectivity index (χ0v) is 11.4. The van der Waals surface area contributed by atoms with Crippen molar-refractivity contribution in [3.8, 4) is 0 Å². The van der Waals surface area contributed by atoms with Crippen LogP contribution in [-0.2, 0) is 4.74 Å². The predicted molar refractivity (Wildman–Crippen MR) is 74.7 cm³/mol. The van der Waals surface area contributed by atoms with Crippen LogP contribution in [0.15, 0.2) is 30.3 Å². The Hall–Kier alpha value is -0.820. The van der Waals surface area contributed by atoms with E-state index in [0.717, 1.165) is 17.8 Å². The van der Waals surface area contributed by atoms with Crippen molar-refractivity contribution in [1.29, 1.82) is 0 Å².